The molecular weight excluding hydrogens is 178 g/mol. The molecule has 0 saturated heterocycles. The normalized spacial score (nSPS) is 12.5. The van der Waals surface area contributed by atoms with Crippen molar-refractivity contribution in [2.75, 3.05) is 20.6 Å². The largest absolute Gasteiger partial charge is 0.421 e. The van der Waals surface area contributed by atoms with Crippen LogP contribution in [-0.4, -0.2) is 41.4 Å². The summed E-state index contributed by atoms with van der Waals surface area (Å²) in [7, 11) is 4.03. The van der Waals surface area contributed by atoms with Crippen LogP contribution in [-0.2, 0) is 4.43 Å². The van der Waals surface area contributed by atoms with Gasteiger partial charge in [0.1, 0.15) is 0 Å². The highest BCUT2D eigenvalue weighted by molar-refractivity contribution is 6.27. The molecule has 0 fully saturated rings. The number of nitrogens with zero attached hydrogens (tertiary/aromatic N) is 1. The molecule has 0 N–H and O–H groups in total. The van der Waals surface area contributed by atoms with E-state index in [1.165, 1.54) is 31.9 Å². The quantitative estimate of drug-likeness (QED) is 0.439. The van der Waals surface area contributed by atoms with Gasteiger partial charge in [-0.1, -0.05) is 13.8 Å². The molecule has 0 atom stereocenters. The highest BCUT2D eigenvalue weighted by atomic mass is 28.2. The summed E-state index contributed by atoms with van der Waals surface area (Å²) in [6.07, 6.45) is 4.21. The molecule has 80 valence electrons. The van der Waals surface area contributed by atoms with Crippen LogP contribution in [0.4, 0.5) is 0 Å². The van der Waals surface area contributed by atoms with Gasteiger partial charge in [0, 0.05) is 6.10 Å². The first-order valence-corrected chi connectivity index (χ1v) is 7.04. The lowest BCUT2D eigenvalue weighted by Gasteiger charge is -2.14. The Labute approximate surface area is 85.6 Å². The van der Waals surface area contributed by atoms with Crippen molar-refractivity contribution in [3.05, 3.63) is 0 Å². The fraction of sp³-hybridized carbons (Fsp3) is 1.00. The Morgan fingerprint density at radius 1 is 1.23 bits per heavy atom. The topological polar surface area (TPSA) is 12.5 Å². The minimum atomic E-state index is -0.228. The van der Waals surface area contributed by atoms with Crippen LogP contribution in [0.1, 0.15) is 33.1 Å². The maximum atomic E-state index is 5.84. The van der Waals surface area contributed by atoms with E-state index in [-0.39, 0.29) is 9.76 Å². The maximum Gasteiger partial charge on any atom is 0.162 e. The van der Waals surface area contributed by atoms with E-state index in [4.69, 9.17) is 4.43 Å². The lowest BCUT2D eigenvalue weighted by molar-refractivity contribution is 0.201. The molecule has 0 saturated carbocycles. The first-order chi connectivity index (χ1) is 6.20. The predicted molar refractivity (Wildman–Crippen MR) is 62.0 cm³/mol. The number of hydrogen-bond acceptors (Lipinski definition) is 2. The summed E-state index contributed by atoms with van der Waals surface area (Å²) >= 11 is 0. The first-order valence-electron chi connectivity index (χ1n) is 5.47. The van der Waals surface area contributed by atoms with Crippen LogP contribution in [0.15, 0.2) is 0 Å². The van der Waals surface area contributed by atoms with Crippen LogP contribution in [0.2, 0.25) is 6.04 Å². The monoisotopic (exact) mass is 203 g/mol. The third kappa shape index (κ3) is 8.47. The fourth-order valence-corrected chi connectivity index (χ4v) is 2.70. The van der Waals surface area contributed by atoms with E-state index in [1.807, 2.05) is 0 Å². The van der Waals surface area contributed by atoms with Crippen molar-refractivity contribution in [1.29, 1.82) is 0 Å². The fourth-order valence-electron chi connectivity index (χ4n) is 1.30. The summed E-state index contributed by atoms with van der Waals surface area (Å²) in [5, 5.41) is 0. The number of rotatable bonds is 8. The predicted octanol–water partition coefficient (Wildman–Crippen LogP) is 1.65. The Bertz CT molecular complexity index is 105. The zero-order valence-corrected chi connectivity index (χ0v) is 11.1. The Kier molecular flexibility index (Phi) is 8.81. The second-order valence-electron chi connectivity index (χ2n) is 3.82. The van der Waals surface area contributed by atoms with Gasteiger partial charge in [-0.2, -0.15) is 0 Å². The van der Waals surface area contributed by atoms with Crippen LogP contribution in [0.3, 0.4) is 0 Å². The molecule has 0 aliphatic heterocycles. The lowest BCUT2D eigenvalue weighted by Crippen LogP contribution is -2.16. The Balaban J connectivity index is 3.14. The van der Waals surface area contributed by atoms with Crippen molar-refractivity contribution in [3.8, 4) is 0 Å². The summed E-state index contributed by atoms with van der Waals surface area (Å²) in [6, 6.07) is 1.33. The van der Waals surface area contributed by atoms with Crippen molar-refractivity contribution in [2.45, 2.75) is 45.3 Å². The van der Waals surface area contributed by atoms with E-state index in [1.54, 1.807) is 0 Å². The molecule has 0 unspecified atom stereocenters. The Morgan fingerprint density at radius 3 is 2.31 bits per heavy atom. The second kappa shape index (κ2) is 8.72. The Hall–Kier alpha value is 0.137. The minimum Gasteiger partial charge on any atom is -0.421 e. The third-order valence-corrected chi connectivity index (χ3v) is 3.76. The van der Waals surface area contributed by atoms with Crippen LogP contribution in [0, 0.1) is 0 Å². The molecule has 0 aromatic rings. The van der Waals surface area contributed by atoms with Gasteiger partial charge in [-0.3, -0.25) is 0 Å². The molecule has 0 radical (unpaired) electrons. The molecule has 0 heterocycles. The summed E-state index contributed by atoms with van der Waals surface area (Å²) < 4.78 is 5.84. The van der Waals surface area contributed by atoms with Crippen molar-refractivity contribution < 1.29 is 4.43 Å². The average Bonchev–Trinajstić information content (AvgIpc) is 2.11. The smallest absolute Gasteiger partial charge is 0.162 e. The van der Waals surface area contributed by atoms with E-state index in [9.17, 15) is 0 Å². The van der Waals surface area contributed by atoms with Gasteiger partial charge < -0.3 is 9.33 Å². The van der Waals surface area contributed by atoms with Gasteiger partial charge >= 0.3 is 0 Å². The molecule has 0 aliphatic rings. The van der Waals surface area contributed by atoms with E-state index < -0.39 is 0 Å². The molecule has 13 heavy (non-hydrogen) atoms. The van der Waals surface area contributed by atoms with E-state index in [0.717, 1.165) is 0 Å². The van der Waals surface area contributed by atoms with Gasteiger partial charge in [0.2, 0.25) is 0 Å². The van der Waals surface area contributed by atoms with Gasteiger partial charge in [-0.25, -0.2) is 0 Å². The molecule has 0 spiro atoms. The summed E-state index contributed by atoms with van der Waals surface area (Å²) in [6.45, 7) is 5.63. The molecule has 0 aliphatic carbocycles. The van der Waals surface area contributed by atoms with Crippen LogP contribution in [0.5, 0.6) is 0 Å². The summed E-state index contributed by atoms with van der Waals surface area (Å²) in [5.41, 5.74) is 0. The van der Waals surface area contributed by atoms with Gasteiger partial charge in [-0.15, -0.1) is 0 Å². The number of hydrogen-bond donors (Lipinski definition) is 0. The molecule has 0 aromatic carbocycles. The zero-order chi connectivity index (χ0) is 10.1. The Morgan fingerprint density at radius 2 is 1.85 bits per heavy atom. The highest BCUT2D eigenvalue weighted by Crippen LogP contribution is 2.03. The molecule has 0 bridgehead atoms. The van der Waals surface area contributed by atoms with E-state index in [2.05, 4.69) is 32.8 Å². The van der Waals surface area contributed by atoms with E-state index in [0.29, 0.717) is 6.10 Å². The lowest BCUT2D eigenvalue weighted by atomic mass is 10.2. The second-order valence-corrected chi connectivity index (χ2v) is 5.27. The van der Waals surface area contributed by atoms with Crippen LogP contribution >= 0.6 is 0 Å². The molecule has 3 heteroatoms. The molecule has 2 nitrogen and oxygen atoms in total. The molecular formula is C10H25NOSi. The van der Waals surface area contributed by atoms with Gasteiger partial charge in [0.25, 0.3) is 0 Å². The van der Waals surface area contributed by atoms with Crippen molar-refractivity contribution >= 4 is 9.76 Å². The SMILES string of the molecule is CCC(CC)O[SiH2]CCCN(C)C. The first kappa shape index (κ1) is 13.1. The van der Waals surface area contributed by atoms with Crippen LogP contribution < -0.4 is 0 Å². The molecule has 0 rings (SSSR count). The van der Waals surface area contributed by atoms with Gasteiger partial charge in [-0.05, 0) is 45.9 Å². The van der Waals surface area contributed by atoms with Crippen molar-refractivity contribution in [2.24, 2.45) is 0 Å². The zero-order valence-electron chi connectivity index (χ0n) is 9.68. The average molecular weight is 203 g/mol. The van der Waals surface area contributed by atoms with Gasteiger partial charge in [0.05, 0.1) is 0 Å². The summed E-state index contributed by atoms with van der Waals surface area (Å²) in [5.74, 6) is 0. The van der Waals surface area contributed by atoms with Crippen molar-refractivity contribution in [1.82, 2.24) is 4.90 Å². The van der Waals surface area contributed by atoms with Gasteiger partial charge in [0.15, 0.2) is 9.76 Å². The molecule has 0 amide bonds. The summed E-state index contributed by atoms with van der Waals surface area (Å²) in [4.78, 5) is 2.24. The minimum absolute atomic E-state index is 0.228. The maximum absolute atomic E-state index is 5.84. The third-order valence-electron chi connectivity index (χ3n) is 2.26. The standard InChI is InChI=1S/C10H25NOSi/c1-5-10(6-2)12-13-9-7-8-11(3)4/h10H,5-9,13H2,1-4H3. The van der Waals surface area contributed by atoms with Crippen LogP contribution in [0.25, 0.3) is 0 Å². The van der Waals surface area contributed by atoms with Crippen molar-refractivity contribution in [3.63, 3.8) is 0 Å². The highest BCUT2D eigenvalue weighted by Gasteiger charge is 2.02. The van der Waals surface area contributed by atoms with E-state index >= 15 is 0 Å². The molecule has 0 aromatic heterocycles.